The van der Waals surface area contributed by atoms with E-state index in [0.29, 0.717) is 6.42 Å². The van der Waals surface area contributed by atoms with Gasteiger partial charge in [0.25, 0.3) is 0 Å². The predicted molar refractivity (Wildman–Crippen MR) is 76.2 cm³/mol. The Morgan fingerprint density at radius 1 is 1.22 bits per heavy atom. The van der Waals surface area contributed by atoms with Crippen molar-refractivity contribution in [3.8, 4) is 0 Å². The van der Waals surface area contributed by atoms with Crippen LogP contribution in [0.4, 0.5) is 5.69 Å². The van der Waals surface area contributed by atoms with Crippen molar-refractivity contribution >= 4 is 11.6 Å². The average molecular weight is 245 g/mol. The standard InChI is InChI=1S/C16H23NO/c1-10-7-11(15(2,3)4)14-12(8-10)16(5,6)9-13(18)17-14/h7-8H,9H2,1-6H3,(H,17,18). The number of carbonyl (C=O) groups is 1. The molecule has 0 radical (unpaired) electrons. The minimum atomic E-state index is -0.0797. The highest BCUT2D eigenvalue weighted by Gasteiger charge is 2.35. The summed E-state index contributed by atoms with van der Waals surface area (Å²) < 4.78 is 0. The zero-order chi connectivity index (χ0) is 13.7. The van der Waals surface area contributed by atoms with Crippen LogP contribution in [0.5, 0.6) is 0 Å². The molecule has 1 N–H and O–H groups in total. The average Bonchev–Trinajstić information content (AvgIpc) is 2.15. The predicted octanol–water partition coefficient (Wildman–Crippen LogP) is 3.91. The van der Waals surface area contributed by atoms with E-state index < -0.39 is 0 Å². The number of anilines is 1. The summed E-state index contributed by atoms with van der Waals surface area (Å²) in [6.07, 6.45) is 0.563. The number of hydrogen-bond donors (Lipinski definition) is 1. The van der Waals surface area contributed by atoms with E-state index >= 15 is 0 Å². The Balaban J connectivity index is 2.73. The molecule has 1 aliphatic rings. The third-order valence-corrected chi connectivity index (χ3v) is 3.69. The Labute approximate surface area is 110 Å². The van der Waals surface area contributed by atoms with E-state index in [9.17, 15) is 4.79 Å². The number of benzene rings is 1. The Hall–Kier alpha value is -1.31. The molecule has 0 atom stereocenters. The second-order valence-corrected chi connectivity index (χ2v) is 7.09. The van der Waals surface area contributed by atoms with Crippen LogP contribution in [0.2, 0.25) is 0 Å². The van der Waals surface area contributed by atoms with Crippen LogP contribution in [0.3, 0.4) is 0 Å². The highest BCUT2D eigenvalue weighted by atomic mass is 16.1. The SMILES string of the molecule is Cc1cc(C(C)(C)C)c2c(c1)C(C)(C)CC(=O)N2. The first-order valence-corrected chi connectivity index (χ1v) is 6.57. The van der Waals surface area contributed by atoms with Crippen molar-refractivity contribution in [2.45, 2.75) is 58.8 Å². The van der Waals surface area contributed by atoms with Gasteiger partial charge < -0.3 is 5.32 Å². The Morgan fingerprint density at radius 2 is 1.83 bits per heavy atom. The molecule has 18 heavy (non-hydrogen) atoms. The quantitative estimate of drug-likeness (QED) is 0.737. The fraction of sp³-hybridized carbons (Fsp3) is 0.562. The molecule has 2 nitrogen and oxygen atoms in total. The second kappa shape index (κ2) is 3.84. The lowest BCUT2D eigenvalue weighted by Gasteiger charge is -2.36. The number of aryl methyl sites for hydroxylation is 1. The van der Waals surface area contributed by atoms with Crippen molar-refractivity contribution in [2.24, 2.45) is 0 Å². The van der Waals surface area contributed by atoms with E-state index in [0.717, 1.165) is 5.69 Å². The molecular formula is C16H23NO. The minimum Gasteiger partial charge on any atom is -0.326 e. The van der Waals surface area contributed by atoms with Gasteiger partial charge in [-0.15, -0.1) is 0 Å². The van der Waals surface area contributed by atoms with Crippen LogP contribution in [0, 0.1) is 6.92 Å². The number of amides is 1. The summed E-state index contributed by atoms with van der Waals surface area (Å²) in [7, 11) is 0. The maximum Gasteiger partial charge on any atom is 0.225 e. The minimum absolute atomic E-state index is 0.0385. The number of hydrogen-bond acceptors (Lipinski definition) is 1. The van der Waals surface area contributed by atoms with Gasteiger partial charge in [0.1, 0.15) is 0 Å². The molecule has 0 saturated carbocycles. The van der Waals surface area contributed by atoms with Gasteiger partial charge in [0.15, 0.2) is 0 Å². The lowest BCUT2D eigenvalue weighted by molar-refractivity contribution is -0.117. The van der Waals surface area contributed by atoms with E-state index in [2.05, 4.69) is 59.0 Å². The van der Waals surface area contributed by atoms with Crippen molar-refractivity contribution in [3.63, 3.8) is 0 Å². The molecule has 1 aliphatic heterocycles. The maximum atomic E-state index is 11.9. The summed E-state index contributed by atoms with van der Waals surface area (Å²) in [5, 5.41) is 3.08. The molecule has 98 valence electrons. The number of nitrogens with one attached hydrogen (secondary N) is 1. The molecular weight excluding hydrogens is 222 g/mol. The molecule has 1 heterocycles. The smallest absolute Gasteiger partial charge is 0.225 e. The fourth-order valence-corrected chi connectivity index (χ4v) is 2.73. The zero-order valence-corrected chi connectivity index (χ0v) is 12.3. The molecule has 0 saturated heterocycles. The third kappa shape index (κ3) is 2.16. The van der Waals surface area contributed by atoms with Crippen LogP contribution in [-0.4, -0.2) is 5.91 Å². The lowest BCUT2D eigenvalue weighted by atomic mass is 9.73. The summed E-state index contributed by atoms with van der Waals surface area (Å²) in [6.45, 7) is 13.0. The summed E-state index contributed by atoms with van der Waals surface area (Å²) in [5.74, 6) is 0.127. The van der Waals surface area contributed by atoms with Gasteiger partial charge >= 0.3 is 0 Å². The van der Waals surface area contributed by atoms with Crippen molar-refractivity contribution in [2.75, 3.05) is 5.32 Å². The van der Waals surface area contributed by atoms with E-state index in [1.807, 2.05) is 0 Å². The Kier molecular flexibility index (Phi) is 2.80. The van der Waals surface area contributed by atoms with E-state index in [-0.39, 0.29) is 16.7 Å². The van der Waals surface area contributed by atoms with Crippen LogP contribution in [0.15, 0.2) is 12.1 Å². The van der Waals surface area contributed by atoms with Crippen LogP contribution < -0.4 is 5.32 Å². The molecule has 0 aromatic heterocycles. The van der Waals surface area contributed by atoms with Crippen LogP contribution in [-0.2, 0) is 15.6 Å². The molecule has 1 amide bonds. The van der Waals surface area contributed by atoms with Gasteiger partial charge in [-0.2, -0.15) is 0 Å². The molecule has 2 heteroatoms. The van der Waals surface area contributed by atoms with Crippen LogP contribution in [0.1, 0.15) is 57.7 Å². The van der Waals surface area contributed by atoms with Gasteiger partial charge in [0, 0.05) is 17.5 Å². The fourth-order valence-electron chi connectivity index (χ4n) is 2.73. The van der Waals surface area contributed by atoms with Gasteiger partial charge in [-0.1, -0.05) is 52.3 Å². The van der Waals surface area contributed by atoms with Crippen molar-refractivity contribution < 1.29 is 4.79 Å². The highest BCUT2D eigenvalue weighted by Crippen LogP contribution is 2.43. The summed E-state index contributed by atoms with van der Waals surface area (Å²) in [5.41, 5.74) is 4.77. The highest BCUT2D eigenvalue weighted by molar-refractivity contribution is 5.96. The van der Waals surface area contributed by atoms with Gasteiger partial charge in [-0.25, -0.2) is 0 Å². The molecule has 1 aromatic carbocycles. The molecule has 0 spiro atoms. The molecule has 0 bridgehead atoms. The normalized spacial score (nSPS) is 18.2. The first kappa shape index (κ1) is 13.1. The lowest BCUT2D eigenvalue weighted by Crippen LogP contribution is -2.34. The first-order chi connectivity index (χ1) is 8.11. The van der Waals surface area contributed by atoms with Gasteiger partial charge in [0.2, 0.25) is 5.91 Å². The van der Waals surface area contributed by atoms with E-state index in [1.54, 1.807) is 0 Å². The number of carbonyl (C=O) groups excluding carboxylic acids is 1. The summed E-state index contributed by atoms with van der Waals surface area (Å²) >= 11 is 0. The summed E-state index contributed by atoms with van der Waals surface area (Å²) in [6, 6.07) is 4.41. The van der Waals surface area contributed by atoms with E-state index in [4.69, 9.17) is 0 Å². The Morgan fingerprint density at radius 3 is 2.39 bits per heavy atom. The van der Waals surface area contributed by atoms with Crippen LogP contribution >= 0.6 is 0 Å². The topological polar surface area (TPSA) is 29.1 Å². The molecule has 1 aromatic rings. The van der Waals surface area contributed by atoms with Crippen molar-refractivity contribution in [3.05, 3.63) is 28.8 Å². The second-order valence-electron chi connectivity index (χ2n) is 7.09. The van der Waals surface area contributed by atoms with Crippen LogP contribution in [0.25, 0.3) is 0 Å². The van der Waals surface area contributed by atoms with Gasteiger partial charge in [-0.05, 0) is 23.5 Å². The van der Waals surface area contributed by atoms with Gasteiger partial charge in [0.05, 0.1) is 0 Å². The number of fused-ring (bicyclic) bond motifs is 1. The molecule has 2 rings (SSSR count). The summed E-state index contributed by atoms with van der Waals surface area (Å²) in [4.78, 5) is 11.9. The number of rotatable bonds is 0. The van der Waals surface area contributed by atoms with E-state index in [1.165, 1.54) is 16.7 Å². The molecule has 0 aliphatic carbocycles. The van der Waals surface area contributed by atoms with Crippen molar-refractivity contribution in [1.29, 1.82) is 0 Å². The Bertz CT molecular complexity index is 489. The first-order valence-electron chi connectivity index (χ1n) is 6.57. The zero-order valence-electron chi connectivity index (χ0n) is 12.3. The molecule has 0 fully saturated rings. The monoisotopic (exact) mass is 245 g/mol. The molecule has 0 unspecified atom stereocenters. The maximum absolute atomic E-state index is 11.9. The largest absolute Gasteiger partial charge is 0.326 e. The third-order valence-electron chi connectivity index (χ3n) is 3.69. The van der Waals surface area contributed by atoms with Gasteiger partial charge in [-0.3, -0.25) is 4.79 Å². The van der Waals surface area contributed by atoms with Crippen molar-refractivity contribution in [1.82, 2.24) is 0 Å².